The normalized spacial score (nSPS) is 10.5. The predicted molar refractivity (Wildman–Crippen MR) is 61.8 cm³/mol. The Labute approximate surface area is 108 Å². The van der Waals surface area contributed by atoms with Gasteiger partial charge in [0.1, 0.15) is 0 Å². The first-order valence-corrected chi connectivity index (χ1v) is 7.28. The first-order valence-electron chi connectivity index (χ1n) is 4.18. The number of phosphoric acid groups is 2. The molecule has 0 aliphatic carbocycles. The molecule has 0 aromatic heterocycles. The van der Waals surface area contributed by atoms with E-state index in [1.54, 1.807) is 0 Å². The number of rotatable bonds is 4. The summed E-state index contributed by atoms with van der Waals surface area (Å²) in [6.07, 6.45) is 0. The average molecular weight is 326 g/mol. The van der Waals surface area contributed by atoms with Crippen molar-refractivity contribution in [1.29, 1.82) is 0 Å². The van der Waals surface area contributed by atoms with Gasteiger partial charge >= 0.3 is 21.6 Å². The van der Waals surface area contributed by atoms with E-state index in [2.05, 4.69) is 11.1 Å². The molecule has 0 aromatic carbocycles. The van der Waals surface area contributed by atoms with E-state index in [-0.39, 0.29) is 18.8 Å². The molecule has 0 aromatic rings. The van der Waals surface area contributed by atoms with Crippen LogP contribution in [0.25, 0.3) is 0 Å². The summed E-state index contributed by atoms with van der Waals surface area (Å²) in [5.41, 5.74) is 0.176. The van der Waals surface area contributed by atoms with Gasteiger partial charge in [-0.25, -0.2) is 13.9 Å². The van der Waals surface area contributed by atoms with Crippen molar-refractivity contribution >= 4 is 21.6 Å². The van der Waals surface area contributed by atoms with Crippen LogP contribution in [0.4, 0.5) is 0 Å². The zero-order chi connectivity index (χ0) is 16.3. The standard InChI is InChI=1S/C4H6O2.C2H7O5P.H3O4P/c1-3(2)4(5)6;3-1-2-7-8(4,5)6;1-5(2,3)4/h1H2,2H3,(H,5,6);3H,1-2H2,(H2,4,5,6);(H3,1,2,3,4). The summed E-state index contributed by atoms with van der Waals surface area (Å²) in [4.78, 5) is 47.0. The highest BCUT2D eigenvalue weighted by Gasteiger charge is 2.11. The zero-order valence-corrected chi connectivity index (χ0v) is 11.6. The van der Waals surface area contributed by atoms with Crippen molar-refractivity contribution in [3.63, 3.8) is 0 Å². The van der Waals surface area contributed by atoms with Crippen LogP contribution in [-0.4, -0.2) is 53.9 Å². The number of aliphatic carboxylic acids is 1. The first kappa shape index (κ1) is 23.5. The number of carboxylic acid groups (broad SMARTS) is 1. The maximum absolute atomic E-state index is 9.75. The van der Waals surface area contributed by atoms with Gasteiger partial charge < -0.3 is 34.7 Å². The molecule has 0 spiro atoms. The fourth-order valence-electron chi connectivity index (χ4n) is 0.160. The molecule has 0 bridgehead atoms. The van der Waals surface area contributed by atoms with Gasteiger partial charge in [-0.15, -0.1) is 0 Å². The van der Waals surface area contributed by atoms with E-state index in [4.69, 9.17) is 39.2 Å². The third-order valence-corrected chi connectivity index (χ3v) is 1.23. The summed E-state index contributed by atoms with van der Waals surface area (Å²) in [6.45, 7) is 3.89. The van der Waals surface area contributed by atoms with Gasteiger partial charge in [-0.1, -0.05) is 6.58 Å². The van der Waals surface area contributed by atoms with Crippen molar-refractivity contribution in [2.75, 3.05) is 13.2 Å². The highest BCUT2D eigenvalue weighted by atomic mass is 31.2. The Morgan fingerprint density at radius 1 is 1.16 bits per heavy atom. The second kappa shape index (κ2) is 11.2. The molecule has 7 N–H and O–H groups in total. The number of carbonyl (C=O) groups is 1. The van der Waals surface area contributed by atoms with E-state index in [0.29, 0.717) is 0 Å². The van der Waals surface area contributed by atoms with E-state index in [0.717, 1.165) is 0 Å². The Bertz CT molecular complexity index is 332. The minimum absolute atomic E-state index is 0.176. The molecule has 116 valence electrons. The SMILES string of the molecule is C=C(C)C(=O)O.O=P(O)(O)O.O=P(O)(O)OCCO. The molecule has 0 amide bonds. The van der Waals surface area contributed by atoms with Crippen LogP contribution >= 0.6 is 15.6 Å². The summed E-state index contributed by atoms with van der Waals surface area (Å²) in [6, 6.07) is 0. The van der Waals surface area contributed by atoms with Gasteiger partial charge in [0, 0.05) is 5.57 Å². The van der Waals surface area contributed by atoms with Gasteiger partial charge in [-0.05, 0) is 6.92 Å². The molecule has 0 fully saturated rings. The van der Waals surface area contributed by atoms with Crippen molar-refractivity contribution in [2.24, 2.45) is 0 Å². The summed E-state index contributed by atoms with van der Waals surface area (Å²) >= 11 is 0. The smallest absolute Gasteiger partial charge is 0.469 e. The second-order valence-electron chi connectivity index (χ2n) is 2.65. The van der Waals surface area contributed by atoms with Crippen LogP contribution in [0.15, 0.2) is 12.2 Å². The molecule has 19 heavy (non-hydrogen) atoms. The third-order valence-electron chi connectivity index (χ3n) is 0.716. The van der Waals surface area contributed by atoms with Crippen LogP contribution in [0.2, 0.25) is 0 Å². The Balaban J connectivity index is -0.000000209. The minimum atomic E-state index is -4.64. The highest BCUT2D eigenvalue weighted by molar-refractivity contribution is 7.46. The van der Waals surface area contributed by atoms with Crippen molar-refractivity contribution in [2.45, 2.75) is 6.92 Å². The number of hydrogen-bond acceptors (Lipinski definition) is 5. The number of hydrogen-bond donors (Lipinski definition) is 7. The van der Waals surface area contributed by atoms with Crippen LogP contribution in [0.5, 0.6) is 0 Å². The van der Waals surface area contributed by atoms with Crippen molar-refractivity contribution in [1.82, 2.24) is 0 Å². The maximum Gasteiger partial charge on any atom is 0.469 e. The van der Waals surface area contributed by atoms with Crippen LogP contribution in [0.3, 0.4) is 0 Å². The van der Waals surface area contributed by atoms with Crippen molar-refractivity contribution in [3.8, 4) is 0 Å². The molecule has 0 aliphatic heterocycles. The Morgan fingerprint density at radius 2 is 1.42 bits per heavy atom. The zero-order valence-electron chi connectivity index (χ0n) is 9.78. The van der Waals surface area contributed by atoms with Crippen molar-refractivity contribution in [3.05, 3.63) is 12.2 Å². The largest absolute Gasteiger partial charge is 0.478 e. The molecule has 0 heterocycles. The summed E-state index contributed by atoms with van der Waals surface area (Å²) in [5.74, 6) is -0.935. The molecule has 0 saturated carbocycles. The molecular formula is C6H16O11P2. The molecule has 0 radical (unpaired) electrons. The lowest BCUT2D eigenvalue weighted by Crippen LogP contribution is -1.95. The van der Waals surface area contributed by atoms with E-state index < -0.39 is 21.6 Å². The highest BCUT2D eigenvalue weighted by Crippen LogP contribution is 2.34. The number of phosphoric ester groups is 1. The molecule has 13 heteroatoms. The van der Waals surface area contributed by atoms with Crippen LogP contribution in [0, 0.1) is 0 Å². The molecule has 0 rings (SSSR count). The Kier molecular flexibility index (Phi) is 13.9. The van der Waals surface area contributed by atoms with Gasteiger partial charge in [-0.2, -0.15) is 0 Å². The van der Waals surface area contributed by atoms with Gasteiger partial charge in [0.2, 0.25) is 0 Å². The molecule has 0 saturated heterocycles. The summed E-state index contributed by atoms with van der Waals surface area (Å²) in [5, 5.41) is 15.9. The van der Waals surface area contributed by atoms with Crippen molar-refractivity contribution < 1.29 is 53.1 Å². The van der Waals surface area contributed by atoms with E-state index in [1.165, 1.54) is 6.92 Å². The molecule has 0 unspecified atom stereocenters. The second-order valence-corrected chi connectivity index (χ2v) is 4.91. The lowest BCUT2D eigenvalue weighted by molar-refractivity contribution is -0.132. The van der Waals surface area contributed by atoms with E-state index in [9.17, 15) is 9.36 Å². The Hall–Kier alpha value is -0.610. The minimum Gasteiger partial charge on any atom is -0.478 e. The fourth-order valence-corrected chi connectivity index (χ4v) is 0.479. The topological polar surface area (TPSA) is 202 Å². The molecule has 11 nitrogen and oxygen atoms in total. The van der Waals surface area contributed by atoms with E-state index in [1.807, 2.05) is 0 Å². The molecular weight excluding hydrogens is 310 g/mol. The van der Waals surface area contributed by atoms with Gasteiger partial charge in [0.05, 0.1) is 13.2 Å². The predicted octanol–water partition coefficient (Wildman–Crippen LogP) is -1.19. The van der Waals surface area contributed by atoms with Crippen LogP contribution in [0.1, 0.15) is 6.92 Å². The molecule has 0 aliphatic rings. The number of carboxylic acids is 1. The van der Waals surface area contributed by atoms with Gasteiger partial charge in [-0.3, -0.25) is 4.52 Å². The van der Waals surface area contributed by atoms with Crippen LogP contribution in [-0.2, 0) is 18.4 Å². The lowest BCUT2D eigenvalue weighted by Gasteiger charge is -2.00. The summed E-state index contributed by atoms with van der Waals surface area (Å²) < 4.78 is 22.4. The maximum atomic E-state index is 9.75. The summed E-state index contributed by atoms with van der Waals surface area (Å²) in [7, 11) is -8.98. The fraction of sp³-hybridized carbons (Fsp3) is 0.500. The Morgan fingerprint density at radius 3 is 1.47 bits per heavy atom. The van der Waals surface area contributed by atoms with Crippen LogP contribution < -0.4 is 0 Å². The van der Waals surface area contributed by atoms with Gasteiger partial charge in [0.25, 0.3) is 0 Å². The first-order chi connectivity index (χ1) is 8.20. The average Bonchev–Trinajstić information content (AvgIpc) is 2.11. The number of aliphatic hydroxyl groups excluding tert-OH is 1. The van der Waals surface area contributed by atoms with E-state index >= 15 is 0 Å². The third kappa shape index (κ3) is 58.5. The monoisotopic (exact) mass is 326 g/mol. The lowest BCUT2D eigenvalue weighted by atomic mass is 10.4. The van der Waals surface area contributed by atoms with Gasteiger partial charge in [0.15, 0.2) is 0 Å². The quantitative estimate of drug-likeness (QED) is 0.241. The molecule has 0 atom stereocenters. The number of aliphatic hydroxyl groups is 1.